The van der Waals surface area contributed by atoms with Gasteiger partial charge in [0.1, 0.15) is 0 Å². The van der Waals surface area contributed by atoms with Crippen molar-refractivity contribution in [3.8, 4) is 0 Å². The van der Waals surface area contributed by atoms with Crippen LogP contribution in [0, 0.1) is 0 Å². The molecule has 0 radical (unpaired) electrons. The fourth-order valence-electron chi connectivity index (χ4n) is 9.20. The Hall–Kier alpha value is -0.760. The van der Waals surface area contributed by atoms with Gasteiger partial charge in [0.15, 0.2) is 0 Å². The molecule has 0 aliphatic carbocycles. The summed E-state index contributed by atoms with van der Waals surface area (Å²) < 4.78 is 22.2. The molecular formula is C57H115N2O6P. The Morgan fingerprint density at radius 3 is 1.08 bits per heavy atom. The molecule has 1 unspecified atom stereocenters. The summed E-state index contributed by atoms with van der Waals surface area (Å²) in [7, 11) is -4.34. The summed E-state index contributed by atoms with van der Waals surface area (Å²) >= 11 is 0. The van der Waals surface area contributed by atoms with Crippen LogP contribution in [0.3, 0.4) is 0 Å². The number of nitrogens with two attached hydrogens (primary N) is 1. The van der Waals surface area contributed by atoms with Gasteiger partial charge in [-0.1, -0.05) is 302 Å². The number of allylic oxidation sites excluding steroid dienone is 1. The standard InChI is InChI=1S/C57H115N2O6P/c1-3-5-7-9-11-13-15-17-18-19-20-21-22-23-24-25-26-27-28-29-30-31-32-33-34-35-36-37-38-39-41-43-45-47-49-51-57(61)59-55(54-65-66(62,63)64-53-52-58)56(60)50-48-46-44-42-40-16-14-12-10-8-6-4-2/h48,50,55-56,60H,3-47,49,51-54,58H2,1-2H3,(H,59,61)(H,62,63)/b50-48+/t55-,56+/m0/s1. The molecule has 0 aromatic carbocycles. The summed E-state index contributed by atoms with van der Waals surface area (Å²) in [5.41, 5.74) is 5.39. The van der Waals surface area contributed by atoms with E-state index in [-0.39, 0.29) is 25.7 Å². The summed E-state index contributed by atoms with van der Waals surface area (Å²) in [4.78, 5) is 22.8. The van der Waals surface area contributed by atoms with Crippen LogP contribution in [0.15, 0.2) is 12.2 Å². The van der Waals surface area contributed by atoms with E-state index in [0.717, 1.165) is 38.5 Å². The van der Waals surface area contributed by atoms with Crippen molar-refractivity contribution < 1.29 is 28.4 Å². The molecule has 66 heavy (non-hydrogen) atoms. The summed E-state index contributed by atoms with van der Waals surface area (Å²) in [6.07, 6.45) is 64.7. The lowest BCUT2D eigenvalue weighted by atomic mass is 10.0. The maximum absolute atomic E-state index is 12.8. The van der Waals surface area contributed by atoms with Gasteiger partial charge in [0.05, 0.1) is 25.4 Å². The smallest absolute Gasteiger partial charge is 0.387 e. The number of carbonyl (C=O) groups excluding carboxylic acids is 1. The van der Waals surface area contributed by atoms with Crippen LogP contribution in [0.25, 0.3) is 0 Å². The minimum atomic E-state index is -4.34. The molecule has 394 valence electrons. The number of hydrogen-bond donors (Lipinski definition) is 4. The minimum Gasteiger partial charge on any atom is -0.387 e. The van der Waals surface area contributed by atoms with Crippen LogP contribution < -0.4 is 11.1 Å². The fraction of sp³-hybridized carbons (Fsp3) is 0.947. The molecule has 0 aliphatic rings. The van der Waals surface area contributed by atoms with Crippen LogP contribution in [0.2, 0.25) is 0 Å². The van der Waals surface area contributed by atoms with E-state index in [2.05, 4.69) is 19.2 Å². The van der Waals surface area contributed by atoms with Crippen LogP contribution in [-0.2, 0) is 18.4 Å². The number of phosphoric acid groups is 1. The topological polar surface area (TPSA) is 131 Å². The van der Waals surface area contributed by atoms with E-state index in [1.807, 2.05) is 6.08 Å². The van der Waals surface area contributed by atoms with Gasteiger partial charge in [-0.3, -0.25) is 13.8 Å². The zero-order valence-electron chi connectivity index (χ0n) is 44.2. The largest absolute Gasteiger partial charge is 0.472 e. The number of rotatable bonds is 56. The maximum Gasteiger partial charge on any atom is 0.472 e. The number of aliphatic hydroxyl groups is 1. The number of phosphoric ester groups is 1. The van der Waals surface area contributed by atoms with Gasteiger partial charge in [-0.2, -0.15) is 0 Å². The third kappa shape index (κ3) is 51.1. The molecule has 0 spiro atoms. The second-order valence-corrected chi connectivity index (χ2v) is 21.7. The second-order valence-electron chi connectivity index (χ2n) is 20.2. The van der Waals surface area contributed by atoms with Crippen LogP contribution in [0.4, 0.5) is 0 Å². The summed E-state index contributed by atoms with van der Waals surface area (Å²) in [6.45, 7) is 4.17. The first-order valence-electron chi connectivity index (χ1n) is 29.3. The zero-order chi connectivity index (χ0) is 48.1. The van der Waals surface area contributed by atoms with Gasteiger partial charge in [-0.15, -0.1) is 0 Å². The predicted molar refractivity (Wildman–Crippen MR) is 286 cm³/mol. The third-order valence-corrected chi connectivity index (χ3v) is 14.6. The van der Waals surface area contributed by atoms with Crippen molar-refractivity contribution >= 4 is 13.7 Å². The Balaban J connectivity index is 3.74. The molecule has 0 rings (SSSR count). The van der Waals surface area contributed by atoms with Crippen molar-refractivity contribution in [2.75, 3.05) is 19.8 Å². The molecule has 3 atom stereocenters. The lowest BCUT2D eigenvalue weighted by Crippen LogP contribution is -2.45. The zero-order valence-corrected chi connectivity index (χ0v) is 45.1. The highest BCUT2D eigenvalue weighted by Gasteiger charge is 2.27. The lowest BCUT2D eigenvalue weighted by Gasteiger charge is -2.23. The molecule has 5 N–H and O–H groups in total. The summed E-state index contributed by atoms with van der Waals surface area (Å²) in [6, 6.07) is -0.855. The highest BCUT2D eigenvalue weighted by atomic mass is 31.2. The van der Waals surface area contributed by atoms with E-state index in [1.54, 1.807) is 6.08 Å². The molecular weight excluding hydrogens is 840 g/mol. The van der Waals surface area contributed by atoms with E-state index in [4.69, 9.17) is 14.8 Å². The third-order valence-electron chi connectivity index (χ3n) is 13.6. The first-order chi connectivity index (χ1) is 32.4. The molecule has 0 bridgehead atoms. The monoisotopic (exact) mass is 955 g/mol. The van der Waals surface area contributed by atoms with Crippen LogP contribution >= 0.6 is 7.82 Å². The molecule has 9 heteroatoms. The van der Waals surface area contributed by atoms with Gasteiger partial charge >= 0.3 is 7.82 Å². The fourth-order valence-corrected chi connectivity index (χ4v) is 9.96. The summed E-state index contributed by atoms with van der Waals surface area (Å²) in [5, 5.41) is 13.7. The van der Waals surface area contributed by atoms with Crippen molar-refractivity contribution in [3.63, 3.8) is 0 Å². The average molecular weight is 956 g/mol. The number of hydrogen-bond acceptors (Lipinski definition) is 6. The quantitative estimate of drug-likeness (QED) is 0.0271. The molecule has 8 nitrogen and oxygen atoms in total. The van der Waals surface area contributed by atoms with Crippen molar-refractivity contribution in [2.45, 2.75) is 328 Å². The molecule has 0 aromatic heterocycles. The number of carbonyl (C=O) groups is 1. The Labute approximate surface area is 411 Å². The average Bonchev–Trinajstić information content (AvgIpc) is 3.31. The maximum atomic E-state index is 12.8. The van der Waals surface area contributed by atoms with E-state index in [9.17, 15) is 19.4 Å². The predicted octanol–water partition coefficient (Wildman–Crippen LogP) is 17.9. The Morgan fingerprint density at radius 2 is 0.773 bits per heavy atom. The van der Waals surface area contributed by atoms with Gasteiger partial charge in [-0.25, -0.2) is 4.57 Å². The molecule has 0 saturated carbocycles. The number of amides is 1. The minimum absolute atomic E-state index is 0.0815. The number of aliphatic hydroxyl groups excluding tert-OH is 1. The van der Waals surface area contributed by atoms with Crippen LogP contribution in [0.5, 0.6) is 0 Å². The highest BCUT2D eigenvalue weighted by molar-refractivity contribution is 7.47. The van der Waals surface area contributed by atoms with Gasteiger partial charge in [0.2, 0.25) is 5.91 Å². The van der Waals surface area contributed by atoms with Gasteiger partial charge in [0, 0.05) is 13.0 Å². The molecule has 1 amide bonds. The summed E-state index contributed by atoms with van der Waals surface area (Å²) in [5.74, 6) is -0.188. The number of unbranched alkanes of at least 4 members (excludes halogenated alkanes) is 44. The van der Waals surface area contributed by atoms with Crippen LogP contribution in [-0.4, -0.2) is 47.8 Å². The van der Waals surface area contributed by atoms with Crippen molar-refractivity contribution in [1.82, 2.24) is 5.32 Å². The Morgan fingerprint density at radius 1 is 0.485 bits per heavy atom. The van der Waals surface area contributed by atoms with Gasteiger partial charge in [-0.05, 0) is 19.3 Å². The van der Waals surface area contributed by atoms with Crippen molar-refractivity contribution in [1.29, 1.82) is 0 Å². The Kier molecular flexibility index (Phi) is 53.0. The first kappa shape index (κ1) is 65.2. The molecule has 0 fully saturated rings. The van der Waals surface area contributed by atoms with E-state index >= 15 is 0 Å². The molecule has 0 heterocycles. The Bertz CT molecular complexity index is 1050. The van der Waals surface area contributed by atoms with E-state index in [1.165, 1.54) is 257 Å². The molecule has 0 aromatic rings. The van der Waals surface area contributed by atoms with Gasteiger partial charge in [0.25, 0.3) is 0 Å². The van der Waals surface area contributed by atoms with Crippen molar-refractivity contribution in [3.05, 3.63) is 12.2 Å². The SMILES string of the molecule is CCCCCCCCCCCC/C=C/[C@@H](O)[C@H](COP(=O)(O)OCCN)NC(=O)CCCCCCCCCCCCCCCCCCCCCCCCCCCCCCCCCCCCC. The second kappa shape index (κ2) is 53.6. The van der Waals surface area contributed by atoms with E-state index in [0.29, 0.717) is 6.42 Å². The van der Waals surface area contributed by atoms with Crippen molar-refractivity contribution in [2.24, 2.45) is 5.73 Å². The molecule has 0 saturated heterocycles. The highest BCUT2D eigenvalue weighted by Crippen LogP contribution is 2.43. The number of nitrogens with one attached hydrogen (secondary N) is 1. The van der Waals surface area contributed by atoms with E-state index < -0.39 is 20.0 Å². The van der Waals surface area contributed by atoms with Gasteiger partial charge < -0.3 is 21.1 Å². The first-order valence-corrected chi connectivity index (χ1v) is 30.8. The normalized spacial score (nSPS) is 13.7. The molecule has 0 aliphatic heterocycles. The lowest BCUT2D eigenvalue weighted by molar-refractivity contribution is -0.123. The van der Waals surface area contributed by atoms with Crippen LogP contribution in [0.1, 0.15) is 316 Å².